The van der Waals surface area contributed by atoms with E-state index in [4.69, 9.17) is 0 Å². The molecule has 6 heteroatoms. The van der Waals surface area contributed by atoms with Crippen molar-refractivity contribution in [3.63, 3.8) is 0 Å². The van der Waals surface area contributed by atoms with Gasteiger partial charge in [0.15, 0.2) is 5.65 Å². The van der Waals surface area contributed by atoms with Gasteiger partial charge in [-0.2, -0.15) is 4.98 Å². The minimum absolute atomic E-state index is 0.221. The van der Waals surface area contributed by atoms with E-state index in [0.29, 0.717) is 16.8 Å². The van der Waals surface area contributed by atoms with Gasteiger partial charge < -0.3 is 9.47 Å². The maximum absolute atomic E-state index is 12.5. The van der Waals surface area contributed by atoms with Gasteiger partial charge in [-0.3, -0.25) is 9.20 Å². The molecule has 0 aliphatic carbocycles. The molecule has 0 fully saturated rings. The Morgan fingerprint density at radius 1 is 1.04 bits per heavy atom. The SMILES string of the molecule is CCN(CC)CCCn1c2ccccc2n2c3ncccc3c(=O)nc12. The summed E-state index contributed by atoms with van der Waals surface area (Å²) in [4.78, 5) is 23.8. The van der Waals surface area contributed by atoms with Crippen LogP contribution in [-0.2, 0) is 6.54 Å². The first-order chi connectivity index (χ1) is 12.7. The van der Waals surface area contributed by atoms with Crippen LogP contribution < -0.4 is 5.56 Å². The number of benzene rings is 1. The number of imidazole rings is 1. The number of aromatic nitrogens is 4. The Hall–Kier alpha value is -2.73. The molecule has 0 spiro atoms. The predicted molar refractivity (Wildman–Crippen MR) is 105 cm³/mol. The highest BCUT2D eigenvalue weighted by Gasteiger charge is 2.15. The van der Waals surface area contributed by atoms with Crippen molar-refractivity contribution in [2.45, 2.75) is 26.8 Å². The Morgan fingerprint density at radius 2 is 1.81 bits per heavy atom. The van der Waals surface area contributed by atoms with E-state index in [-0.39, 0.29) is 5.56 Å². The summed E-state index contributed by atoms with van der Waals surface area (Å²) >= 11 is 0. The fraction of sp³-hybridized carbons (Fsp3) is 0.350. The Morgan fingerprint density at radius 3 is 2.58 bits per heavy atom. The zero-order valence-corrected chi connectivity index (χ0v) is 15.2. The molecule has 26 heavy (non-hydrogen) atoms. The van der Waals surface area contributed by atoms with Crippen LogP contribution in [0.25, 0.3) is 27.8 Å². The Labute approximate surface area is 151 Å². The predicted octanol–water partition coefficient (Wildman–Crippen LogP) is 2.93. The summed E-state index contributed by atoms with van der Waals surface area (Å²) in [6, 6.07) is 11.7. The molecule has 0 N–H and O–H groups in total. The highest BCUT2D eigenvalue weighted by Crippen LogP contribution is 2.22. The average Bonchev–Trinajstić information content (AvgIpc) is 2.99. The van der Waals surface area contributed by atoms with Crippen LogP contribution in [0.3, 0.4) is 0 Å². The molecule has 4 aromatic rings. The summed E-state index contributed by atoms with van der Waals surface area (Å²) < 4.78 is 4.15. The van der Waals surface area contributed by atoms with Crippen molar-refractivity contribution in [2.24, 2.45) is 0 Å². The van der Waals surface area contributed by atoms with Crippen LogP contribution in [0.2, 0.25) is 0 Å². The normalized spacial score (nSPS) is 12.0. The largest absolute Gasteiger partial charge is 0.309 e. The molecular weight excluding hydrogens is 326 g/mol. The molecule has 0 saturated heterocycles. The minimum Gasteiger partial charge on any atom is -0.309 e. The Kier molecular flexibility index (Phi) is 4.42. The second kappa shape index (κ2) is 6.88. The molecule has 4 rings (SSSR count). The van der Waals surface area contributed by atoms with Gasteiger partial charge in [0.25, 0.3) is 5.56 Å². The molecule has 0 radical (unpaired) electrons. The number of hydrogen-bond acceptors (Lipinski definition) is 4. The number of para-hydroxylation sites is 2. The minimum atomic E-state index is -0.221. The number of hydrogen-bond donors (Lipinski definition) is 0. The van der Waals surface area contributed by atoms with E-state index in [9.17, 15) is 4.79 Å². The van der Waals surface area contributed by atoms with Gasteiger partial charge in [-0.05, 0) is 50.3 Å². The van der Waals surface area contributed by atoms with Gasteiger partial charge in [-0.1, -0.05) is 26.0 Å². The lowest BCUT2D eigenvalue weighted by atomic mass is 10.3. The van der Waals surface area contributed by atoms with Gasteiger partial charge >= 0.3 is 0 Å². The van der Waals surface area contributed by atoms with E-state index in [1.165, 1.54) is 0 Å². The quantitative estimate of drug-likeness (QED) is 0.537. The van der Waals surface area contributed by atoms with Crippen LogP contribution in [0, 0.1) is 0 Å². The summed E-state index contributed by atoms with van der Waals surface area (Å²) in [6.45, 7) is 8.32. The van der Waals surface area contributed by atoms with Crippen LogP contribution >= 0.6 is 0 Å². The van der Waals surface area contributed by atoms with Crippen molar-refractivity contribution in [3.8, 4) is 0 Å². The molecule has 0 aliphatic rings. The first-order valence-electron chi connectivity index (χ1n) is 9.21. The lowest BCUT2D eigenvalue weighted by Gasteiger charge is -2.18. The Bertz CT molecular complexity index is 1120. The van der Waals surface area contributed by atoms with E-state index in [1.54, 1.807) is 18.3 Å². The fourth-order valence-electron chi connectivity index (χ4n) is 3.64. The van der Waals surface area contributed by atoms with Crippen LogP contribution in [0.5, 0.6) is 0 Å². The molecule has 3 heterocycles. The topological polar surface area (TPSA) is 55.4 Å². The molecule has 1 aromatic carbocycles. The molecule has 134 valence electrons. The first kappa shape index (κ1) is 16.7. The molecule has 0 bridgehead atoms. The highest BCUT2D eigenvalue weighted by molar-refractivity contribution is 5.87. The summed E-state index contributed by atoms with van der Waals surface area (Å²) in [7, 11) is 0. The third-order valence-electron chi connectivity index (χ3n) is 5.04. The van der Waals surface area contributed by atoms with E-state index >= 15 is 0 Å². The lowest BCUT2D eigenvalue weighted by molar-refractivity contribution is 0.294. The van der Waals surface area contributed by atoms with Gasteiger partial charge in [0.05, 0.1) is 16.4 Å². The number of nitrogens with zero attached hydrogens (tertiary/aromatic N) is 5. The smallest absolute Gasteiger partial charge is 0.284 e. The fourth-order valence-corrected chi connectivity index (χ4v) is 3.64. The summed E-state index contributed by atoms with van der Waals surface area (Å²) in [5.41, 5.74) is 2.56. The Balaban J connectivity index is 1.90. The molecule has 3 aromatic heterocycles. The maximum atomic E-state index is 12.5. The van der Waals surface area contributed by atoms with Crippen LogP contribution in [0.15, 0.2) is 47.4 Å². The van der Waals surface area contributed by atoms with E-state index < -0.39 is 0 Å². The molecule has 0 amide bonds. The lowest BCUT2D eigenvalue weighted by Crippen LogP contribution is -2.25. The van der Waals surface area contributed by atoms with Crippen LogP contribution in [-0.4, -0.2) is 43.5 Å². The number of aryl methyl sites for hydroxylation is 1. The average molecular weight is 349 g/mol. The summed E-state index contributed by atoms with van der Waals surface area (Å²) in [5.74, 6) is 0.668. The highest BCUT2D eigenvalue weighted by atomic mass is 16.1. The van der Waals surface area contributed by atoms with Gasteiger partial charge in [-0.15, -0.1) is 0 Å². The molecule has 0 atom stereocenters. The third-order valence-corrected chi connectivity index (χ3v) is 5.04. The van der Waals surface area contributed by atoms with Crippen molar-refractivity contribution in [1.29, 1.82) is 0 Å². The second-order valence-corrected chi connectivity index (χ2v) is 6.45. The number of pyridine rings is 1. The van der Waals surface area contributed by atoms with E-state index in [2.05, 4.69) is 45.4 Å². The zero-order valence-electron chi connectivity index (χ0n) is 15.2. The maximum Gasteiger partial charge on any atom is 0.284 e. The molecular formula is C20H23N5O. The van der Waals surface area contributed by atoms with Crippen LogP contribution in [0.4, 0.5) is 0 Å². The van der Waals surface area contributed by atoms with Crippen molar-refractivity contribution in [2.75, 3.05) is 19.6 Å². The molecule has 0 saturated carbocycles. The van der Waals surface area contributed by atoms with Crippen molar-refractivity contribution in [1.82, 2.24) is 23.8 Å². The summed E-state index contributed by atoms with van der Waals surface area (Å²) in [6.07, 6.45) is 2.73. The molecule has 0 aliphatic heterocycles. The standard InChI is InChI=1S/C20H23N5O/c1-3-23(4-2)13-8-14-24-16-10-5-6-11-17(16)25-18-15(9-7-12-21-18)19(26)22-20(24)25/h5-7,9-12H,3-4,8,13-14H2,1-2H3. The van der Waals surface area contributed by atoms with Crippen molar-refractivity contribution in [3.05, 3.63) is 52.9 Å². The second-order valence-electron chi connectivity index (χ2n) is 6.45. The van der Waals surface area contributed by atoms with E-state index in [1.807, 2.05) is 16.5 Å². The van der Waals surface area contributed by atoms with E-state index in [0.717, 1.165) is 43.6 Å². The number of fused-ring (bicyclic) bond motifs is 5. The zero-order chi connectivity index (χ0) is 18.1. The molecule has 0 unspecified atom stereocenters. The van der Waals surface area contributed by atoms with Gasteiger partial charge in [0.1, 0.15) is 0 Å². The monoisotopic (exact) mass is 349 g/mol. The molecule has 6 nitrogen and oxygen atoms in total. The first-order valence-corrected chi connectivity index (χ1v) is 9.21. The third kappa shape index (κ3) is 2.66. The summed E-state index contributed by atoms with van der Waals surface area (Å²) in [5, 5.41) is 0.552. The van der Waals surface area contributed by atoms with Crippen molar-refractivity contribution < 1.29 is 0 Å². The van der Waals surface area contributed by atoms with Crippen molar-refractivity contribution >= 4 is 27.8 Å². The van der Waals surface area contributed by atoms with Gasteiger partial charge in [-0.25, -0.2) is 4.98 Å². The van der Waals surface area contributed by atoms with Gasteiger partial charge in [0, 0.05) is 12.7 Å². The van der Waals surface area contributed by atoms with Crippen LogP contribution in [0.1, 0.15) is 20.3 Å². The number of rotatable bonds is 6. The van der Waals surface area contributed by atoms with Gasteiger partial charge in [0.2, 0.25) is 5.78 Å².